The van der Waals surface area contributed by atoms with Crippen molar-refractivity contribution >= 4 is 5.91 Å². The van der Waals surface area contributed by atoms with Gasteiger partial charge in [-0.25, -0.2) is 0 Å². The van der Waals surface area contributed by atoms with Crippen LogP contribution in [0.4, 0.5) is 0 Å². The van der Waals surface area contributed by atoms with Crippen molar-refractivity contribution in [3.8, 4) is 5.75 Å². The highest BCUT2D eigenvalue weighted by Crippen LogP contribution is 2.31. The molecule has 132 valence electrons. The highest BCUT2D eigenvalue weighted by atomic mass is 16.5. The smallest absolute Gasteiger partial charge is 0.254 e. The number of piperazine rings is 1. The molecule has 1 N–H and O–H groups in total. The van der Waals surface area contributed by atoms with Gasteiger partial charge < -0.3 is 19.7 Å². The molecule has 25 heavy (non-hydrogen) atoms. The molecule has 3 rings (SSSR count). The maximum atomic E-state index is 13.2. The van der Waals surface area contributed by atoms with E-state index in [4.69, 9.17) is 9.47 Å². The normalized spacial score (nSPS) is 17.4. The maximum Gasteiger partial charge on any atom is 0.254 e. The molecule has 5 nitrogen and oxygen atoms in total. The molecule has 1 fully saturated rings. The standard InChI is InChI=1S/C20H24N2O3/c1-24-14-15-6-5-7-16(12-15)20(23)22-11-10-21-13-18(22)17-8-3-4-9-19(17)25-2/h3-9,12,18,21H,10-11,13-14H2,1-2H3. The van der Waals surface area contributed by atoms with Crippen LogP contribution in [0.1, 0.15) is 27.5 Å². The monoisotopic (exact) mass is 340 g/mol. The number of para-hydroxylation sites is 1. The number of methoxy groups -OCH3 is 2. The van der Waals surface area contributed by atoms with E-state index in [0.29, 0.717) is 25.3 Å². The molecule has 2 aromatic rings. The van der Waals surface area contributed by atoms with Crippen molar-refractivity contribution in [1.82, 2.24) is 10.2 Å². The molecule has 0 saturated carbocycles. The van der Waals surface area contributed by atoms with Gasteiger partial charge in [-0.3, -0.25) is 4.79 Å². The van der Waals surface area contributed by atoms with Crippen molar-refractivity contribution in [2.24, 2.45) is 0 Å². The van der Waals surface area contributed by atoms with E-state index in [1.807, 2.05) is 53.4 Å². The van der Waals surface area contributed by atoms with Gasteiger partial charge in [-0.15, -0.1) is 0 Å². The van der Waals surface area contributed by atoms with Crippen LogP contribution in [0.5, 0.6) is 5.75 Å². The molecule has 1 saturated heterocycles. The lowest BCUT2D eigenvalue weighted by molar-refractivity contribution is 0.0631. The fourth-order valence-corrected chi connectivity index (χ4v) is 3.29. The second-order valence-electron chi connectivity index (χ2n) is 6.09. The Morgan fingerprint density at radius 1 is 1.20 bits per heavy atom. The van der Waals surface area contributed by atoms with Crippen molar-refractivity contribution in [3.05, 3.63) is 65.2 Å². The third kappa shape index (κ3) is 3.83. The minimum atomic E-state index is -0.0523. The summed E-state index contributed by atoms with van der Waals surface area (Å²) in [6, 6.07) is 15.5. The molecule has 2 aromatic carbocycles. The number of carbonyl (C=O) groups excluding carboxylic acids is 1. The lowest BCUT2D eigenvalue weighted by Crippen LogP contribution is -2.48. The van der Waals surface area contributed by atoms with E-state index in [-0.39, 0.29) is 11.9 Å². The zero-order chi connectivity index (χ0) is 17.6. The summed E-state index contributed by atoms with van der Waals surface area (Å²) in [5, 5.41) is 3.38. The third-order valence-electron chi connectivity index (χ3n) is 4.49. The highest BCUT2D eigenvalue weighted by molar-refractivity contribution is 5.94. The largest absolute Gasteiger partial charge is 0.496 e. The Kier molecular flexibility index (Phi) is 5.68. The van der Waals surface area contributed by atoms with Crippen molar-refractivity contribution in [3.63, 3.8) is 0 Å². The quantitative estimate of drug-likeness (QED) is 0.909. The summed E-state index contributed by atoms with van der Waals surface area (Å²) in [5.41, 5.74) is 2.72. The molecule has 0 radical (unpaired) electrons. The molecule has 1 aliphatic rings. The first-order valence-electron chi connectivity index (χ1n) is 8.47. The molecule has 5 heteroatoms. The van der Waals surface area contributed by atoms with Crippen LogP contribution in [-0.2, 0) is 11.3 Å². The van der Waals surface area contributed by atoms with Crippen LogP contribution in [0, 0.1) is 0 Å². The van der Waals surface area contributed by atoms with Gasteiger partial charge in [0.15, 0.2) is 0 Å². The molecule has 1 atom stereocenters. The average molecular weight is 340 g/mol. The van der Waals surface area contributed by atoms with Crippen molar-refractivity contribution in [2.75, 3.05) is 33.9 Å². The predicted octanol–water partition coefficient (Wildman–Crippen LogP) is 2.63. The Morgan fingerprint density at radius 2 is 2.04 bits per heavy atom. The zero-order valence-corrected chi connectivity index (χ0v) is 14.7. The Labute approximate surface area is 148 Å². The van der Waals surface area contributed by atoms with Gasteiger partial charge in [0, 0.05) is 37.9 Å². The molecule has 1 unspecified atom stereocenters. The first-order valence-corrected chi connectivity index (χ1v) is 8.47. The second-order valence-corrected chi connectivity index (χ2v) is 6.09. The molecular weight excluding hydrogens is 316 g/mol. The van der Waals surface area contributed by atoms with Crippen LogP contribution < -0.4 is 10.1 Å². The number of nitrogens with one attached hydrogen (secondary N) is 1. The van der Waals surface area contributed by atoms with Gasteiger partial charge in [0.2, 0.25) is 0 Å². The SMILES string of the molecule is COCc1cccc(C(=O)N2CCNCC2c2ccccc2OC)c1. The third-order valence-corrected chi connectivity index (χ3v) is 4.49. The van der Waals surface area contributed by atoms with Crippen molar-refractivity contribution < 1.29 is 14.3 Å². The number of amides is 1. The molecule has 0 spiro atoms. The van der Waals surface area contributed by atoms with Crippen LogP contribution in [0.2, 0.25) is 0 Å². The van der Waals surface area contributed by atoms with Crippen LogP contribution in [0.15, 0.2) is 48.5 Å². The number of carbonyl (C=O) groups is 1. The number of hydrogen-bond acceptors (Lipinski definition) is 4. The van der Waals surface area contributed by atoms with Crippen molar-refractivity contribution in [1.29, 1.82) is 0 Å². The maximum absolute atomic E-state index is 13.2. The van der Waals surface area contributed by atoms with Gasteiger partial charge in [0.25, 0.3) is 5.91 Å². The fraction of sp³-hybridized carbons (Fsp3) is 0.350. The van der Waals surface area contributed by atoms with E-state index < -0.39 is 0 Å². The molecule has 0 bridgehead atoms. The van der Waals surface area contributed by atoms with Gasteiger partial charge in [0.05, 0.1) is 19.8 Å². The summed E-state index contributed by atoms with van der Waals surface area (Å²) in [6.45, 7) is 2.66. The minimum Gasteiger partial charge on any atom is -0.496 e. The van der Waals surface area contributed by atoms with Crippen LogP contribution >= 0.6 is 0 Å². The molecule has 0 aliphatic carbocycles. The summed E-state index contributed by atoms with van der Waals surface area (Å²) < 4.78 is 10.7. The van der Waals surface area contributed by atoms with Crippen LogP contribution in [0.25, 0.3) is 0 Å². The van der Waals surface area contributed by atoms with E-state index >= 15 is 0 Å². The Morgan fingerprint density at radius 3 is 2.84 bits per heavy atom. The number of rotatable bonds is 5. The van der Waals surface area contributed by atoms with E-state index in [9.17, 15) is 4.79 Å². The Hall–Kier alpha value is -2.37. The van der Waals surface area contributed by atoms with Gasteiger partial charge in [-0.05, 0) is 23.8 Å². The summed E-state index contributed by atoms with van der Waals surface area (Å²) in [4.78, 5) is 15.1. The average Bonchev–Trinajstić information content (AvgIpc) is 2.68. The number of nitrogens with zero attached hydrogens (tertiary/aromatic N) is 1. The first-order chi connectivity index (χ1) is 12.2. The molecule has 0 aromatic heterocycles. The second kappa shape index (κ2) is 8.14. The highest BCUT2D eigenvalue weighted by Gasteiger charge is 2.30. The van der Waals surface area contributed by atoms with Gasteiger partial charge >= 0.3 is 0 Å². The van der Waals surface area contributed by atoms with Crippen LogP contribution in [-0.4, -0.2) is 44.7 Å². The van der Waals surface area contributed by atoms with E-state index in [0.717, 1.165) is 23.4 Å². The minimum absolute atomic E-state index is 0.0374. The summed E-state index contributed by atoms with van der Waals surface area (Å²) in [6.07, 6.45) is 0. The number of benzene rings is 2. The lowest BCUT2D eigenvalue weighted by Gasteiger charge is -2.37. The lowest BCUT2D eigenvalue weighted by atomic mass is 10.0. The van der Waals surface area contributed by atoms with Gasteiger partial charge in [-0.2, -0.15) is 0 Å². The predicted molar refractivity (Wildman–Crippen MR) is 96.8 cm³/mol. The molecule has 1 amide bonds. The van der Waals surface area contributed by atoms with Crippen LogP contribution in [0.3, 0.4) is 0 Å². The number of ether oxygens (including phenoxy) is 2. The first kappa shape index (κ1) is 17.5. The van der Waals surface area contributed by atoms with Gasteiger partial charge in [-0.1, -0.05) is 30.3 Å². The number of hydrogen-bond donors (Lipinski definition) is 1. The summed E-state index contributed by atoms with van der Waals surface area (Å²) in [7, 11) is 3.32. The van der Waals surface area contributed by atoms with E-state index in [2.05, 4.69) is 5.32 Å². The fourth-order valence-electron chi connectivity index (χ4n) is 3.29. The molecule has 1 aliphatic heterocycles. The van der Waals surface area contributed by atoms with Gasteiger partial charge in [0.1, 0.15) is 5.75 Å². The summed E-state index contributed by atoms with van der Waals surface area (Å²) in [5.74, 6) is 0.845. The summed E-state index contributed by atoms with van der Waals surface area (Å²) >= 11 is 0. The Bertz CT molecular complexity index is 732. The molecule has 1 heterocycles. The topological polar surface area (TPSA) is 50.8 Å². The molecular formula is C20H24N2O3. The Balaban J connectivity index is 1.90. The zero-order valence-electron chi connectivity index (χ0n) is 14.7. The van der Waals surface area contributed by atoms with E-state index in [1.54, 1.807) is 14.2 Å². The van der Waals surface area contributed by atoms with E-state index in [1.165, 1.54) is 0 Å². The van der Waals surface area contributed by atoms with Crippen molar-refractivity contribution in [2.45, 2.75) is 12.6 Å².